The molecule has 21 atom stereocenters. The molecule has 0 bridgehead atoms. The van der Waals surface area contributed by atoms with Gasteiger partial charge in [-0.1, -0.05) is 38.5 Å². The number of likely N-dealkylation sites (N-methyl/N-ethyl adjacent to an activating group) is 1. The van der Waals surface area contributed by atoms with E-state index in [1.54, 1.807) is 59.7 Å². The lowest BCUT2D eigenvalue weighted by atomic mass is 9.79. The van der Waals surface area contributed by atoms with Gasteiger partial charge in [0.1, 0.15) is 49.0 Å². The van der Waals surface area contributed by atoms with Crippen LogP contribution in [0.1, 0.15) is 87.5 Å². The van der Waals surface area contributed by atoms with Crippen LogP contribution >= 0.6 is 0 Å². The second kappa shape index (κ2) is 24.1. The summed E-state index contributed by atoms with van der Waals surface area (Å²) in [4.78, 5) is 41.5. The topological polar surface area (TPSA) is 239 Å². The fraction of sp³-hybridized carbons (Fsp3) is 0.848. The van der Waals surface area contributed by atoms with Crippen molar-refractivity contribution in [1.29, 1.82) is 0 Å². The van der Waals surface area contributed by atoms with Crippen molar-refractivity contribution in [1.82, 2.24) is 4.90 Å². The van der Waals surface area contributed by atoms with Crippen molar-refractivity contribution in [3.63, 3.8) is 0 Å². The van der Waals surface area contributed by atoms with Gasteiger partial charge in [0.15, 0.2) is 24.7 Å². The number of carbonyl (C=O) groups is 3. The molecule has 18 nitrogen and oxygen atoms in total. The molecule has 4 rings (SSSR count). The smallest absolute Gasteiger partial charge is 0.308 e. The first-order valence-corrected chi connectivity index (χ1v) is 22.7. The highest BCUT2D eigenvalue weighted by molar-refractivity contribution is 5.91. The Morgan fingerprint density at radius 3 is 2.11 bits per heavy atom. The van der Waals surface area contributed by atoms with E-state index in [2.05, 4.69) is 0 Å². The normalized spacial score (nSPS) is 45.9. The number of methoxy groups -OCH3 is 2. The summed E-state index contributed by atoms with van der Waals surface area (Å²) >= 11 is 0. The van der Waals surface area contributed by atoms with Crippen LogP contribution in [0.15, 0.2) is 23.8 Å². The number of allylic oxidation sites excluding steroid dienone is 3. The molecule has 0 aromatic carbocycles. The van der Waals surface area contributed by atoms with Gasteiger partial charge in [0.05, 0.1) is 55.2 Å². The summed E-state index contributed by atoms with van der Waals surface area (Å²) in [5, 5.41) is 55.8. The monoisotopic (exact) mass is 916 g/mol. The predicted molar refractivity (Wildman–Crippen MR) is 230 cm³/mol. The molecule has 18 heteroatoms. The summed E-state index contributed by atoms with van der Waals surface area (Å²) in [6, 6.07) is -0.748. The first kappa shape index (κ1) is 54.3. The minimum absolute atomic E-state index is 0.00788. The summed E-state index contributed by atoms with van der Waals surface area (Å²) < 4.78 is 54.7. The highest BCUT2D eigenvalue weighted by Gasteiger charge is 2.52. The number of cyclic esters (lactones) is 1. The second-order valence-electron chi connectivity index (χ2n) is 18.7. The van der Waals surface area contributed by atoms with E-state index in [9.17, 15) is 39.9 Å². The summed E-state index contributed by atoms with van der Waals surface area (Å²) in [7, 11) is 6.43. The van der Waals surface area contributed by atoms with Crippen molar-refractivity contribution in [2.75, 3.05) is 34.9 Å². The molecule has 3 saturated heterocycles. The van der Waals surface area contributed by atoms with Gasteiger partial charge in [-0.15, -0.1) is 0 Å². The van der Waals surface area contributed by atoms with Gasteiger partial charge in [-0.25, -0.2) is 0 Å². The average Bonchev–Trinajstić information content (AvgIpc) is 3.23. The summed E-state index contributed by atoms with van der Waals surface area (Å²) in [6.07, 6.45) is -8.49. The maximum absolute atomic E-state index is 13.8. The third kappa shape index (κ3) is 13.5. The fourth-order valence-corrected chi connectivity index (χ4v) is 9.51. The average molecular weight is 916 g/mol. The molecule has 4 aliphatic heterocycles. The maximum Gasteiger partial charge on any atom is 0.308 e. The zero-order valence-electron chi connectivity index (χ0n) is 39.7. The minimum atomic E-state index is -1.49. The van der Waals surface area contributed by atoms with Gasteiger partial charge < -0.3 is 77.9 Å². The fourth-order valence-electron chi connectivity index (χ4n) is 9.51. The van der Waals surface area contributed by atoms with E-state index >= 15 is 0 Å². The molecule has 2 unspecified atom stereocenters. The standard InChI is InChI=1S/C46H77NO17/c1-13-33-30(22-58-45-42(57-12)41(56-11)37(52)26(5)60-45)18-23(2)14-15-31(49)24(3)19-29(16-17-48)39(25(4)32(50)20-34(51)62-33)64-44-38(53)36(47(9)10)40(27(6)61-44)63-35-21-46(8,55)43(54)28(7)59-35/h14-15,17-18,24-30,32-33,35-45,50,52-55H,13,16,19-22H2,1-12H3/b15-14-,23-18+/t24-,25+,26-,27-,28+,29+,30-,32-,33?,35+,36-,37-,38-,39?,40-,41-,42-,43+,44+,45-,46-/m1/s1. The zero-order valence-corrected chi connectivity index (χ0v) is 39.7. The van der Waals surface area contributed by atoms with Crippen LogP contribution in [-0.4, -0.2) is 187 Å². The molecule has 0 amide bonds. The molecule has 0 radical (unpaired) electrons. The number of aliphatic hydroxyl groups excluding tert-OH is 4. The largest absolute Gasteiger partial charge is 0.462 e. The number of hydrogen-bond donors (Lipinski definition) is 5. The Balaban J connectivity index is 1.62. The molecule has 0 aliphatic carbocycles. The van der Waals surface area contributed by atoms with E-state index in [1.165, 1.54) is 27.2 Å². The Kier molecular flexibility index (Phi) is 20.5. The lowest BCUT2D eigenvalue weighted by molar-refractivity contribution is -0.341. The Labute approximate surface area is 378 Å². The van der Waals surface area contributed by atoms with E-state index in [0.29, 0.717) is 12.0 Å². The molecule has 64 heavy (non-hydrogen) atoms. The van der Waals surface area contributed by atoms with Gasteiger partial charge in [0.25, 0.3) is 0 Å². The van der Waals surface area contributed by atoms with Crippen molar-refractivity contribution in [2.24, 2.45) is 23.7 Å². The Morgan fingerprint density at radius 2 is 1.52 bits per heavy atom. The van der Waals surface area contributed by atoms with Gasteiger partial charge in [-0.05, 0) is 73.5 Å². The van der Waals surface area contributed by atoms with Gasteiger partial charge in [-0.3, -0.25) is 9.59 Å². The maximum atomic E-state index is 13.8. The van der Waals surface area contributed by atoms with E-state index in [1.807, 2.05) is 19.9 Å². The van der Waals surface area contributed by atoms with Crippen molar-refractivity contribution in [3.8, 4) is 0 Å². The third-order valence-electron chi connectivity index (χ3n) is 13.4. The Morgan fingerprint density at radius 1 is 0.859 bits per heavy atom. The van der Waals surface area contributed by atoms with E-state index < -0.39 is 140 Å². The predicted octanol–water partition coefficient (Wildman–Crippen LogP) is 1.83. The lowest BCUT2D eigenvalue weighted by Crippen LogP contribution is -2.65. The molecule has 5 N–H and O–H groups in total. The third-order valence-corrected chi connectivity index (χ3v) is 13.4. The first-order chi connectivity index (χ1) is 30.1. The molecular weight excluding hydrogens is 838 g/mol. The molecule has 0 saturated carbocycles. The SMILES string of the molecule is CCC1OC(=O)C[C@@H](O)[C@H](C)C(O[C@@H]2O[C@H](C)[C@@H](O[C@H]3C[C@@](C)(O)[C@@H](O)[C@H](C)O3)[C@H](N(C)C)[C@H]2O)[C@@H](CC=O)C[C@@H](C)C(=O)/C=C\C(C)=C\[C@@H]1CO[C@@H]1O[C@H](C)[C@@H](O)[C@@H](OC)[C@H]1OC. The summed E-state index contributed by atoms with van der Waals surface area (Å²) in [5.74, 6) is -3.59. The van der Waals surface area contributed by atoms with Crippen LogP contribution in [0, 0.1) is 23.7 Å². The van der Waals surface area contributed by atoms with Gasteiger partial charge >= 0.3 is 5.97 Å². The molecule has 3 fully saturated rings. The van der Waals surface area contributed by atoms with Crippen molar-refractivity contribution >= 4 is 18.0 Å². The number of nitrogens with zero attached hydrogens (tertiary/aromatic N) is 1. The van der Waals surface area contributed by atoms with Crippen LogP contribution in [0.3, 0.4) is 0 Å². The number of carbonyl (C=O) groups excluding carboxylic acids is 3. The van der Waals surface area contributed by atoms with Gasteiger partial charge in [-0.2, -0.15) is 0 Å². The molecule has 4 aliphatic rings. The molecule has 0 aromatic rings. The van der Waals surface area contributed by atoms with Crippen LogP contribution in [0.5, 0.6) is 0 Å². The minimum Gasteiger partial charge on any atom is -0.462 e. The molecule has 0 aromatic heterocycles. The van der Waals surface area contributed by atoms with Gasteiger partial charge in [0, 0.05) is 44.8 Å². The number of ketones is 1. The highest BCUT2D eigenvalue weighted by atomic mass is 16.7. The Hall–Kier alpha value is -2.27. The van der Waals surface area contributed by atoms with Crippen LogP contribution in [0.25, 0.3) is 0 Å². The Bertz CT molecular complexity index is 1560. The number of ether oxygens (including phenoxy) is 9. The van der Waals surface area contributed by atoms with Crippen LogP contribution in [0.4, 0.5) is 0 Å². The molecular formula is C46H77NO17. The van der Waals surface area contributed by atoms with Crippen molar-refractivity contribution < 1.29 is 82.5 Å². The van der Waals surface area contributed by atoms with E-state index in [4.69, 9.17) is 42.6 Å². The van der Waals surface area contributed by atoms with Crippen molar-refractivity contribution in [2.45, 2.75) is 191 Å². The summed E-state index contributed by atoms with van der Waals surface area (Å²) in [6.45, 7) is 13.6. The van der Waals surface area contributed by atoms with E-state index in [-0.39, 0.29) is 31.7 Å². The first-order valence-electron chi connectivity index (χ1n) is 22.7. The summed E-state index contributed by atoms with van der Waals surface area (Å²) in [5.41, 5.74) is -0.806. The second-order valence-corrected chi connectivity index (χ2v) is 18.7. The molecule has 368 valence electrons. The number of hydrogen-bond acceptors (Lipinski definition) is 18. The number of esters is 1. The van der Waals surface area contributed by atoms with Crippen LogP contribution < -0.4 is 0 Å². The number of aldehydes is 1. The van der Waals surface area contributed by atoms with Crippen molar-refractivity contribution in [3.05, 3.63) is 23.8 Å². The lowest BCUT2D eigenvalue weighted by Gasteiger charge is -2.50. The van der Waals surface area contributed by atoms with Crippen LogP contribution in [-0.2, 0) is 57.0 Å². The highest BCUT2D eigenvalue weighted by Crippen LogP contribution is 2.37. The van der Waals surface area contributed by atoms with Gasteiger partial charge in [0.2, 0.25) is 0 Å². The number of aliphatic hydroxyl groups is 5. The zero-order chi connectivity index (χ0) is 47.8. The number of rotatable bonds is 13. The quantitative estimate of drug-likeness (QED) is 0.131. The molecule has 4 heterocycles. The van der Waals surface area contributed by atoms with Crippen LogP contribution in [0.2, 0.25) is 0 Å². The molecule has 0 spiro atoms. The van der Waals surface area contributed by atoms with E-state index in [0.717, 1.165) is 6.29 Å².